The summed E-state index contributed by atoms with van der Waals surface area (Å²) < 4.78 is 40.9. The molecule has 0 aliphatic rings. The highest BCUT2D eigenvalue weighted by Gasteiger charge is 2.37. The lowest BCUT2D eigenvalue weighted by Gasteiger charge is -2.36. The van der Waals surface area contributed by atoms with Crippen LogP contribution in [0.25, 0.3) is 0 Å². The molecule has 5 heteroatoms. The molecule has 1 unspecified atom stereocenters. The van der Waals surface area contributed by atoms with E-state index in [9.17, 15) is 13.2 Å². The highest BCUT2D eigenvalue weighted by Crippen LogP contribution is 2.41. The Morgan fingerprint density at radius 1 is 1.04 bits per heavy atom. The van der Waals surface area contributed by atoms with E-state index in [0.29, 0.717) is 22.7 Å². The number of nitrogens with zero attached hydrogens (tertiary/aromatic N) is 1. The van der Waals surface area contributed by atoms with Gasteiger partial charge in [-0.25, -0.2) is 13.2 Å². The summed E-state index contributed by atoms with van der Waals surface area (Å²) in [6, 6.07) is 17.0. The molecule has 146 valence electrons. The molecule has 0 N–H and O–H groups in total. The van der Waals surface area contributed by atoms with E-state index in [1.54, 1.807) is 12.1 Å². The predicted molar refractivity (Wildman–Crippen MR) is 106 cm³/mol. The van der Waals surface area contributed by atoms with Crippen molar-refractivity contribution >= 4 is 11.6 Å². The van der Waals surface area contributed by atoms with E-state index >= 15 is 0 Å². The molecular formula is C23H21ClF3N. The van der Waals surface area contributed by atoms with E-state index in [1.165, 1.54) is 18.3 Å². The van der Waals surface area contributed by atoms with E-state index in [1.807, 2.05) is 44.2 Å². The number of hydrogen-bond acceptors (Lipinski definition) is 1. The standard InChI is InChI=1S/C23H21ClF3N/c1-15(10-16-6-4-3-5-7-16)23(2,21-9-8-19(24)14-28-21)18-11-17(22(26)27)12-20(25)13-18/h3-9,11-15,22H,10H2,1-2H3/t15?,23-/m0/s1. The average Bonchev–Trinajstić information content (AvgIpc) is 2.68. The van der Waals surface area contributed by atoms with Crippen molar-refractivity contribution in [2.24, 2.45) is 5.92 Å². The average molecular weight is 404 g/mol. The number of alkyl halides is 2. The van der Waals surface area contributed by atoms with Crippen molar-refractivity contribution in [3.05, 3.63) is 100 Å². The smallest absolute Gasteiger partial charge is 0.259 e. The molecule has 0 bridgehead atoms. The molecule has 0 saturated carbocycles. The Morgan fingerprint density at radius 2 is 1.75 bits per heavy atom. The van der Waals surface area contributed by atoms with Crippen LogP contribution in [0.5, 0.6) is 0 Å². The van der Waals surface area contributed by atoms with E-state index in [2.05, 4.69) is 4.98 Å². The molecule has 3 rings (SSSR count). The van der Waals surface area contributed by atoms with Crippen LogP contribution in [0.15, 0.2) is 66.9 Å². The monoisotopic (exact) mass is 403 g/mol. The van der Waals surface area contributed by atoms with Crippen molar-refractivity contribution in [1.29, 1.82) is 0 Å². The number of benzene rings is 2. The van der Waals surface area contributed by atoms with Crippen LogP contribution in [0.2, 0.25) is 5.02 Å². The quantitative estimate of drug-likeness (QED) is 0.432. The molecule has 3 aromatic rings. The molecule has 0 saturated heterocycles. The maximum atomic E-state index is 14.2. The maximum absolute atomic E-state index is 14.2. The second-order valence-electron chi connectivity index (χ2n) is 7.23. The Kier molecular flexibility index (Phi) is 6.09. The second-order valence-corrected chi connectivity index (χ2v) is 7.67. The summed E-state index contributed by atoms with van der Waals surface area (Å²) in [6.07, 6.45) is -0.541. The SMILES string of the molecule is CC(Cc1ccccc1)[C@@](C)(c1cc(F)cc(C(F)F)c1)c1ccc(Cl)cn1. The molecule has 0 amide bonds. The number of hydrogen-bond donors (Lipinski definition) is 0. The van der Waals surface area contributed by atoms with Gasteiger partial charge in [-0.1, -0.05) is 48.9 Å². The van der Waals surface area contributed by atoms with Crippen LogP contribution in [0, 0.1) is 11.7 Å². The van der Waals surface area contributed by atoms with Gasteiger partial charge in [0, 0.05) is 17.2 Å². The van der Waals surface area contributed by atoms with E-state index in [-0.39, 0.29) is 11.5 Å². The van der Waals surface area contributed by atoms with Crippen LogP contribution in [-0.2, 0) is 11.8 Å². The van der Waals surface area contributed by atoms with Crippen LogP contribution in [0.1, 0.15) is 42.7 Å². The summed E-state index contributed by atoms with van der Waals surface area (Å²) >= 11 is 5.99. The summed E-state index contributed by atoms with van der Waals surface area (Å²) in [6.45, 7) is 3.94. The summed E-state index contributed by atoms with van der Waals surface area (Å²) in [4.78, 5) is 4.45. The highest BCUT2D eigenvalue weighted by molar-refractivity contribution is 6.30. The third-order valence-corrected chi connectivity index (χ3v) is 5.63. The van der Waals surface area contributed by atoms with E-state index in [0.717, 1.165) is 11.6 Å². The van der Waals surface area contributed by atoms with Gasteiger partial charge < -0.3 is 0 Å². The third-order valence-electron chi connectivity index (χ3n) is 5.40. The van der Waals surface area contributed by atoms with Crippen molar-refractivity contribution in [3.8, 4) is 0 Å². The molecule has 2 aromatic carbocycles. The molecule has 0 aliphatic heterocycles. The van der Waals surface area contributed by atoms with E-state index in [4.69, 9.17) is 11.6 Å². The largest absolute Gasteiger partial charge is 0.263 e. The van der Waals surface area contributed by atoms with Gasteiger partial charge in [-0.05, 0) is 60.7 Å². The number of halogens is 4. The predicted octanol–water partition coefficient (Wildman–Crippen LogP) is 7.00. The lowest BCUT2D eigenvalue weighted by molar-refractivity contribution is 0.150. The highest BCUT2D eigenvalue weighted by atomic mass is 35.5. The van der Waals surface area contributed by atoms with Crippen LogP contribution >= 0.6 is 11.6 Å². The van der Waals surface area contributed by atoms with Crippen molar-refractivity contribution in [1.82, 2.24) is 4.98 Å². The van der Waals surface area contributed by atoms with Crippen LogP contribution in [-0.4, -0.2) is 4.98 Å². The Bertz CT molecular complexity index is 928. The number of pyridine rings is 1. The first-order valence-corrected chi connectivity index (χ1v) is 9.43. The fourth-order valence-electron chi connectivity index (χ4n) is 3.58. The topological polar surface area (TPSA) is 12.9 Å². The molecular weight excluding hydrogens is 383 g/mol. The van der Waals surface area contributed by atoms with Crippen molar-refractivity contribution in [2.75, 3.05) is 0 Å². The third kappa shape index (κ3) is 4.22. The fraction of sp³-hybridized carbons (Fsp3) is 0.261. The zero-order chi connectivity index (χ0) is 20.3. The summed E-state index contributed by atoms with van der Waals surface area (Å²) in [5.74, 6) is -0.726. The fourth-order valence-corrected chi connectivity index (χ4v) is 3.69. The maximum Gasteiger partial charge on any atom is 0.263 e. The molecule has 1 aromatic heterocycles. The zero-order valence-electron chi connectivity index (χ0n) is 15.7. The summed E-state index contributed by atoms with van der Waals surface area (Å²) in [7, 11) is 0. The summed E-state index contributed by atoms with van der Waals surface area (Å²) in [5.41, 5.74) is 1.13. The van der Waals surface area contributed by atoms with Gasteiger partial charge in [0.25, 0.3) is 6.43 Å². The number of aromatic nitrogens is 1. The minimum absolute atomic E-state index is 0.0455. The normalized spacial score (nSPS) is 14.7. The molecule has 1 heterocycles. The molecule has 0 aliphatic carbocycles. The number of rotatable bonds is 6. The van der Waals surface area contributed by atoms with E-state index < -0.39 is 17.7 Å². The Hall–Kier alpha value is -2.33. The van der Waals surface area contributed by atoms with Gasteiger partial charge in [-0.2, -0.15) is 0 Å². The Morgan fingerprint density at radius 3 is 2.36 bits per heavy atom. The molecule has 28 heavy (non-hydrogen) atoms. The van der Waals surface area contributed by atoms with Gasteiger partial charge in [-0.15, -0.1) is 0 Å². The zero-order valence-corrected chi connectivity index (χ0v) is 16.4. The molecule has 0 spiro atoms. The van der Waals surface area contributed by atoms with Gasteiger partial charge in [-0.3, -0.25) is 4.98 Å². The lowest BCUT2D eigenvalue weighted by atomic mass is 9.67. The van der Waals surface area contributed by atoms with Gasteiger partial charge >= 0.3 is 0 Å². The van der Waals surface area contributed by atoms with Gasteiger partial charge in [0.2, 0.25) is 0 Å². The van der Waals surface area contributed by atoms with Crippen molar-refractivity contribution in [3.63, 3.8) is 0 Å². The van der Waals surface area contributed by atoms with Gasteiger partial charge in [0.1, 0.15) is 5.82 Å². The van der Waals surface area contributed by atoms with Crippen molar-refractivity contribution < 1.29 is 13.2 Å². The van der Waals surface area contributed by atoms with Gasteiger partial charge in [0.15, 0.2) is 0 Å². The first kappa shape index (κ1) is 20.4. The molecule has 2 atom stereocenters. The van der Waals surface area contributed by atoms with Crippen LogP contribution in [0.3, 0.4) is 0 Å². The first-order valence-electron chi connectivity index (χ1n) is 9.05. The molecule has 0 radical (unpaired) electrons. The Labute approximate surface area is 168 Å². The minimum atomic E-state index is -2.75. The first-order chi connectivity index (χ1) is 13.3. The summed E-state index contributed by atoms with van der Waals surface area (Å²) in [5, 5.41) is 0.481. The second kappa shape index (κ2) is 8.36. The molecule has 1 nitrogen and oxygen atoms in total. The molecule has 0 fully saturated rings. The van der Waals surface area contributed by atoms with Crippen LogP contribution in [0.4, 0.5) is 13.2 Å². The van der Waals surface area contributed by atoms with Crippen molar-refractivity contribution in [2.45, 2.75) is 32.1 Å². The van der Waals surface area contributed by atoms with Crippen LogP contribution < -0.4 is 0 Å². The lowest BCUT2D eigenvalue weighted by Crippen LogP contribution is -2.34. The minimum Gasteiger partial charge on any atom is -0.259 e. The Balaban J connectivity index is 2.13. The van der Waals surface area contributed by atoms with Gasteiger partial charge in [0.05, 0.1) is 10.7 Å².